The highest BCUT2D eigenvalue weighted by Crippen LogP contribution is 2.33. The molecule has 6 nitrogen and oxygen atoms in total. The van der Waals surface area contributed by atoms with E-state index in [-0.39, 0.29) is 16.8 Å². The van der Waals surface area contributed by atoms with Gasteiger partial charge in [0.25, 0.3) is 11.5 Å². The summed E-state index contributed by atoms with van der Waals surface area (Å²) in [5, 5.41) is 2.82. The van der Waals surface area contributed by atoms with Gasteiger partial charge in [0, 0.05) is 36.8 Å². The molecule has 1 aliphatic carbocycles. The van der Waals surface area contributed by atoms with Gasteiger partial charge in [0.2, 0.25) is 0 Å². The molecule has 1 saturated heterocycles. The Labute approximate surface area is 189 Å². The Morgan fingerprint density at radius 3 is 2.56 bits per heavy atom. The van der Waals surface area contributed by atoms with Gasteiger partial charge in [-0.2, -0.15) is 0 Å². The summed E-state index contributed by atoms with van der Waals surface area (Å²) in [5.74, 6) is -0.488. The van der Waals surface area contributed by atoms with Crippen molar-refractivity contribution in [3.05, 3.63) is 68.6 Å². The van der Waals surface area contributed by atoms with E-state index in [0.717, 1.165) is 18.7 Å². The van der Waals surface area contributed by atoms with Crippen LogP contribution in [0.25, 0.3) is 0 Å². The summed E-state index contributed by atoms with van der Waals surface area (Å²) in [5.41, 5.74) is 2.69. The van der Waals surface area contributed by atoms with E-state index in [4.69, 9.17) is 0 Å². The molecule has 170 valence electrons. The second-order valence-electron chi connectivity index (χ2n) is 10.2. The monoisotopic (exact) mass is 435 g/mol. The number of hydrogen-bond donors (Lipinski definition) is 2. The number of rotatable bonds is 5. The van der Waals surface area contributed by atoms with Gasteiger partial charge in [-0.25, -0.2) is 0 Å². The van der Waals surface area contributed by atoms with E-state index in [1.54, 1.807) is 0 Å². The van der Waals surface area contributed by atoms with Gasteiger partial charge in [-0.05, 0) is 55.3 Å². The van der Waals surface area contributed by atoms with Crippen molar-refractivity contribution >= 4 is 11.7 Å². The Morgan fingerprint density at radius 1 is 1.12 bits per heavy atom. The quantitative estimate of drug-likeness (QED) is 0.748. The van der Waals surface area contributed by atoms with Crippen LogP contribution in [0.2, 0.25) is 0 Å². The molecule has 2 heterocycles. The number of pyridine rings is 1. The first-order valence-electron chi connectivity index (χ1n) is 11.6. The highest BCUT2D eigenvalue weighted by Gasteiger charge is 2.32. The highest BCUT2D eigenvalue weighted by atomic mass is 16.2. The van der Waals surface area contributed by atoms with Crippen molar-refractivity contribution in [1.82, 2.24) is 15.2 Å². The van der Waals surface area contributed by atoms with Crippen molar-refractivity contribution in [2.24, 2.45) is 5.41 Å². The Hall–Kier alpha value is -2.73. The molecule has 6 heteroatoms. The number of hydrogen-bond acceptors (Lipinski definition) is 4. The third kappa shape index (κ3) is 5.01. The van der Waals surface area contributed by atoms with Crippen LogP contribution >= 0.6 is 0 Å². The molecule has 0 radical (unpaired) electrons. The standard InChI is InChI=1S/C26H33N3O3/c1-17-6-4-5-11-29(17)16-19-9-7-18(8-10-19)15-27-24(31)21-12-20-22(28-25(21)32)13-26(2,3)14-23(20)30/h7-10,12,17H,4-6,11,13-16H2,1-3H3,(H,27,31)(H,28,32). The Kier molecular flexibility index (Phi) is 6.33. The predicted octanol–water partition coefficient (Wildman–Crippen LogP) is 3.83. The largest absolute Gasteiger partial charge is 0.348 e. The lowest BCUT2D eigenvalue weighted by Gasteiger charge is -2.33. The van der Waals surface area contributed by atoms with E-state index in [2.05, 4.69) is 34.3 Å². The van der Waals surface area contributed by atoms with Gasteiger partial charge in [0.05, 0.1) is 0 Å². The van der Waals surface area contributed by atoms with Gasteiger partial charge < -0.3 is 10.3 Å². The number of ketones is 1. The summed E-state index contributed by atoms with van der Waals surface area (Å²) in [6.07, 6.45) is 4.87. The van der Waals surface area contributed by atoms with Crippen molar-refractivity contribution in [2.45, 2.75) is 72.0 Å². The normalized spacial score (nSPS) is 20.6. The molecule has 1 atom stereocenters. The number of nitrogens with one attached hydrogen (secondary N) is 2. The Bertz CT molecular complexity index is 1070. The average Bonchev–Trinajstić information content (AvgIpc) is 2.73. The smallest absolute Gasteiger partial charge is 0.261 e. The molecule has 1 aromatic heterocycles. The summed E-state index contributed by atoms with van der Waals surface area (Å²) in [6, 6.07) is 10.3. The molecule has 0 bridgehead atoms. The molecular weight excluding hydrogens is 402 g/mol. The number of likely N-dealkylation sites (tertiary alicyclic amines) is 1. The van der Waals surface area contributed by atoms with Crippen LogP contribution < -0.4 is 10.9 Å². The molecule has 32 heavy (non-hydrogen) atoms. The minimum atomic E-state index is -0.460. The van der Waals surface area contributed by atoms with E-state index in [0.29, 0.717) is 36.7 Å². The van der Waals surface area contributed by atoms with E-state index >= 15 is 0 Å². The molecule has 1 unspecified atom stereocenters. The van der Waals surface area contributed by atoms with Gasteiger partial charge in [0.15, 0.2) is 5.78 Å². The number of nitrogens with zero attached hydrogens (tertiary/aromatic N) is 1. The van der Waals surface area contributed by atoms with Gasteiger partial charge in [0.1, 0.15) is 5.56 Å². The van der Waals surface area contributed by atoms with E-state index < -0.39 is 11.5 Å². The number of Topliss-reactive ketones (excluding diaryl/α,β-unsaturated/α-hetero) is 1. The fraction of sp³-hybridized carbons (Fsp3) is 0.500. The number of aromatic amines is 1. The van der Waals surface area contributed by atoms with Crippen molar-refractivity contribution in [2.75, 3.05) is 6.54 Å². The zero-order chi connectivity index (χ0) is 22.9. The van der Waals surface area contributed by atoms with Crippen LogP contribution in [0.4, 0.5) is 0 Å². The molecule has 2 aliphatic rings. The fourth-order valence-electron chi connectivity index (χ4n) is 4.86. The van der Waals surface area contributed by atoms with Gasteiger partial charge in [-0.1, -0.05) is 44.5 Å². The summed E-state index contributed by atoms with van der Waals surface area (Å²) in [7, 11) is 0. The van der Waals surface area contributed by atoms with Crippen LogP contribution in [0.15, 0.2) is 35.1 Å². The first-order valence-corrected chi connectivity index (χ1v) is 11.6. The second-order valence-corrected chi connectivity index (χ2v) is 10.2. The number of aromatic nitrogens is 1. The number of H-pyrrole nitrogens is 1. The summed E-state index contributed by atoms with van der Waals surface area (Å²) in [4.78, 5) is 43.0. The SMILES string of the molecule is CC1CCCCN1Cc1ccc(CNC(=O)c2cc3c([nH]c2=O)CC(C)(C)CC3=O)cc1. The minimum Gasteiger partial charge on any atom is -0.348 e. The van der Waals surface area contributed by atoms with Crippen LogP contribution in [0.5, 0.6) is 0 Å². The van der Waals surface area contributed by atoms with Crippen LogP contribution in [-0.4, -0.2) is 34.2 Å². The number of amides is 1. The van der Waals surface area contributed by atoms with E-state index in [1.165, 1.54) is 30.9 Å². The average molecular weight is 436 g/mol. The maximum absolute atomic E-state index is 12.7. The van der Waals surface area contributed by atoms with Crippen molar-refractivity contribution in [3.8, 4) is 0 Å². The summed E-state index contributed by atoms with van der Waals surface area (Å²) < 4.78 is 0. The maximum Gasteiger partial charge on any atom is 0.261 e. The zero-order valence-electron chi connectivity index (χ0n) is 19.3. The van der Waals surface area contributed by atoms with Crippen molar-refractivity contribution < 1.29 is 9.59 Å². The Balaban J connectivity index is 1.39. The van der Waals surface area contributed by atoms with E-state index in [9.17, 15) is 14.4 Å². The molecular formula is C26H33N3O3. The fourth-order valence-corrected chi connectivity index (χ4v) is 4.86. The highest BCUT2D eigenvalue weighted by molar-refractivity contribution is 6.02. The zero-order valence-corrected chi connectivity index (χ0v) is 19.3. The number of fused-ring (bicyclic) bond motifs is 1. The molecule has 1 aromatic carbocycles. The van der Waals surface area contributed by atoms with Crippen molar-refractivity contribution in [1.29, 1.82) is 0 Å². The summed E-state index contributed by atoms with van der Waals surface area (Å²) >= 11 is 0. The Morgan fingerprint density at radius 2 is 1.84 bits per heavy atom. The third-order valence-corrected chi connectivity index (χ3v) is 6.76. The molecule has 1 fully saturated rings. The molecule has 1 aliphatic heterocycles. The number of benzene rings is 1. The molecule has 2 aromatic rings. The summed E-state index contributed by atoms with van der Waals surface area (Å²) in [6.45, 7) is 8.73. The lowest BCUT2D eigenvalue weighted by atomic mass is 9.75. The van der Waals surface area contributed by atoms with Crippen LogP contribution in [-0.2, 0) is 19.5 Å². The molecule has 2 N–H and O–H groups in total. The maximum atomic E-state index is 12.7. The van der Waals surface area contributed by atoms with Gasteiger partial charge in [-0.15, -0.1) is 0 Å². The van der Waals surface area contributed by atoms with Gasteiger partial charge in [-0.3, -0.25) is 19.3 Å². The van der Waals surface area contributed by atoms with Crippen molar-refractivity contribution in [3.63, 3.8) is 0 Å². The minimum absolute atomic E-state index is 0.00693. The number of carbonyl (C=O) groups excluding carboxylic acids is 2. The number of piperidine rings is 1. The first kappa shape index (κ1) is 22.5. The molecule has 4 rings (SSSR count). The van der Waals surface area contributed by atoms with Gasteiger partial charge >= 0.3 is 0 Å². The third-order valence-electron chi connectivity index (χ3n) is 6.76. The molecule has 0 spiro atoms. The van der Waals surface area contributed by atoms with Crippen LogP contribution in [0.3, 0.4) is 0 Å². The topological polar surface area (TPSA) is 82.3 Å². The number of carbonyl (C=O) groups is 2. The molecule has 1 amide bonds. The first-order chi connectivity index (χ1) is 15.2. The van der Waals surface area contributed by atoms with Crippen LogP contribution in [0, 0.1) is 5.41 Å². The van der Waals surface area contributed by atoms with E-state index in [1.807, 2.05) is 26.0 Å². The second kappa shape index (κ2) is 9.02. The predicted molar refractivity (Wildman–Crippen MR) is 125 cm³/mol. The van der Waals surface area contributed by atoms with Crippen LogP contribution in [0.1, 0.15) is 84.0 Å². The molecule has 0 saturated carbocycles. The lowest BCUT2D eigenvalue weighted by molar-refractivity contribution is 0.0910. The lowest BCUT2D eigenvalue weighted by Crippen LogP contribution is -2.36.